The first-order valence-corrected chi connectivity index (χ1v) is 6.36. The maximum atomic E-state index is 12.5. The summed E-state index contributed by atoms with van der Waals surface area (Å²) in [6, 6.07) is 5.01. The summed E-state index contributed by atoms with van der Waals surface area (Å²) in [7, 11) is 0. The molecule has 24 heavy (non-hydrogen) atoms. The van der Waals surface area contributed by atoms with Crippen molar-refractivity contribution >= 4 is 39.3 Å². The van der Waals surface area contributed by atoms with Crippen molar-refractivity contribution in [3.8, 4) is 0 Å². The van der Waals surface area contributed by atoms with Crippen molar-refractivity contribution in [1.29, 1.82) is 0 Å². The van der Waals surface area contributed by atoms with E-state index < -0.39 is 32.5 Å². The van der Waals surface area contributed by atoms with Gasteiger partial charge >= 0.3 is 5.97 Å². The maximum Gasteiger partial charge on any atom is 0.342 e. The molecule has 0 atom stereocenters. The van der Waals surface area contributed by atoms with Crippen LogP contribution in [0.25, 0.3) is 21.9 Å². The molecule has 0 saturated carbocycles. The van der Waals surface area contributed by atoms with Crippen LogP contribution in [0.4, 0.5) is 11.4 Å². The lowest BCUT2D eigenvalue weighted by Crippen LogP contribution is -2.07. The maximum absolute atomic E-state index is 12.5. The number of carboxylic acid groups (broad SMARTS) is 1. The molecule has 3 rings (SSSR count). The van der Waals surface area contributed by atoms with Crippen LogP contribution >= 0.6 is 0 Å². The van der Waals surface area contributed by atoms with Gasteiger partial charge in [-0.1, -0.05) is 0 Å². The van der Waals surface area contributed by atoms with Gasteiger partial charge in [-0.05, 0) is 6.07 Å². The number of nitro benzene ring substituents is 2. The molecule has 0 amide bonds. The molecule has 1 N–H and O–H groups in total. The van der Waals surface area contributed by atoms with Crippen LogP contribution in [-0.4, -0.2) is 20.9 Å². The summed E-state index contributed by atoms with van der Waals surface area (Å²) >= 11 is 0. The summed E-state index contributed by atoms with van der Waals surface area (Å²) in [6.07, 6.45) is 0. The molecule has 3 aromatic rings. The van der Waals surface area contributed by atoms with E-state index in [1.165, 1.54) is 6.07 Å². The molecular weight excluding hydrogens is 324 g/mol. The molecule has 0 saturated heterocycles. The van der Waals surface area contributed by atoms with Gasteiger partial charge in [0.1, 0.15) is 16.7 Å². The average Bonchev–Trinajstić information content (AvgIpc) is 2.53. The van der Waals surface area contributed by atoms with Crippen LogP contribution in [-0.2, 0) is 0 Å². The van der Waals surface area contributed by atoms with Crippen LogP contribution < -0.4 is 5.43 Å². The van der Waals surface area contributed by atoms with E-state index in [1.807, 2.05) is 0 Å². The van der Waals surface area contributed by atoms with Gasteiger partial charge in [0.25, 0.3) is 11.4 Å². The van der Waals surface area contributed by atoms with Gasteiger partial charge in [-0.2, -0.15) is 0 Å². The van der Waals surface area contributed by atoms with Gasteiger partial charge in [0.15, 0.2) is 0 Å². The van der Waals surface area contributed by atoms with Crippen molar-refractivity contribution in [2.24, 2.45) is 0 Å². The lowest BCUT2D eigenvalue weighted by molar-refractivity contribution is -0.385. The van der Waals surface area contributed by atoms with Gasteiger partial charge in [0, 0.05) is 24.3 Å². The largest absolute Gasteiger partial charge is 0.477 e. The highest BCUT2D eigenvalue weighted by Gasteiger charge is 2.23. The van der Waals surface area contributed by atoms with Crippen LogP contribution in [0.1, 0.15) is 10.4 Å². The fourth-order valence-corrected chi connectivity index (χ4v) is 2.31. The third kappa shape index (κ3) is 2.22. The Kier molecular flexibility index (Phi) is 3.22. The molecule has 1 heterocycles. The topological polar surface area (TPSA) is 154 Å². The van der Waals surface area contributed by atoms with E-state index in [-0.39, 0.29) is 27.6 Å². The Bertz CT molecular complexity index is 1120. The Balaban J connectivity index is 2.46. The van der Waals surface area contributed by atoms with Crippen LogP contribution in [0.2, 0.25) is 0 Å². The first-order valence-electron chi connectivity index (χ1n) is 6.36. The zero-order chi connectivity index (χ0) is 17.6. The van der Waals surface area contributed by atoms with Gasteiger partial charge in [0.2, 0.25) is 5.43 Å². The third-order valence-electron chi connectivity index (χ3n) is 3.41. The lowest BCUT2D eigenvalue weighted by atomic mass is 10.1. The van der Waals surface area contributed by atoms with Crippen molar-refractivity contribution in [1.82, 2.24) is 0 Å². The second kappa shape index (κ2) is 5.12. The van der Waals surface area contributed by atoms with Crippen LogP contribution in [0, 0.1) is 20.2 Å². The van der Waals surface area contributed by atoms with E-state index in [0.29, 0.717) is 0 Å². The van der Waals surface area contributed by atoms with Crippen LogP contribution in [0.15, 0.2) is 39.5 Å². The predicted molar refractivity (Wildman–Crippen MR) is 80.3 cm³/mol. The normalized spacial score (nSPS) is 10.8. The number of non-ortho nitro benzene ring substituents is 1. The van der Waals surface area contributed by atoms with Crippen molar-refractivity contribution < 1.29 is 24.2 Å². The highest BCUT2D eigenvalue weighted by atomic mass is 16.6. The quantitative estimate of drug-likeness (QED) is 0.436. The summed E-state index contributed by atoms with van der Waals surface area (Å²) in [5, 5.41) is 30.5. The van der Waals surface area contributed by atoms with Crippen LogP contribution in [0.5, 0.6) is 0 Å². The monoisotopic (exact) mass is 330 g/mol. The summed E-state index contributed by atoms with van der Waals surface area (Å²) in [5.41, 5.74) is -2.63. The smallest absolute Gasteiger partial charge is 0.342 e. The molecule has 0 radical (unpaired) electrons. The molecule has 0 bridgehead atoms. The van der Waals surface area contributed by atoms with Crippen molar-refractivity contribution in [2.75, 3.05) is 0 Å². The first-order chi connectivity index (χ1) is 11.3. The van der Waals surface area contributed by atoms with E-state index in [4.69, 9.17) is 9.52 Å². The Labute approximate surface area is 130 Å². The van der Waals surface area contributed by atoms with Gasteiger partial charge in [0.05, 0.1) is 20.6 Å². The van der Waals surface area contributed by atoms with E-state index in [0.717, 1.165) is 24.3 Å². The number of hydrogen-bond donors (Lipinski definition) is 1. The minimum absolute atomic E-state index is 0.00305. The summed E-state index contributed by atoms with van der Waals surface area (Å²) in [6.45, 7) is 0. The Morgan fingerprint density at radius 3 is 2.25 bits per heavy atom. The zero-order valence-electron chi connectivity index (χ0n) is 11.6. The highest BCUT2D eigenvalue weighted by molar-refractivity contribution is 5.99. The molecule has 0 aliphatic rings. The third-order valence-corrected chi connectivity index (χ3v) is 3.41. The number of aromatic carboxylic acids is 1. The number of nitrogens with zero attached hydrogens (tertiary/aromatic N) is 2. The molecule has 1 aromatic heterocycles. The van der Waals surface area contributed by atoms with E-state index >= 15 is 0 Å². The van der Waals surface area contributed by atoms with E-state index in [2.05, 4.69) is 0 Å². The van der Waals surface area contributed by atoms with Crippen molar-refractivity contribution in [3.63, 3.8) is 0 Å². The van der Waals surface area contributed by atoms with E-state index in [1.54, 1.807) is 0 Å². The summed E-state index contributed by atoms with van der Waals surface area (Å²) < 4.78 is 5.38. The Morgan fingerprint density at radius 2 is 1.67 bits per heavy atom. The fraction of sp³-hybridized carbons (Fsp3) is 0. The predicted octanol–water partition coefficient (Wildman–Crippen LogP) is 2.46. The molecule has 10 nitrogen and oxygen atoms in total. The molecule has 0 aliphatic heterocycles. The zero-order valence-corrected chi connectivity index (χ0v) is 11.6. The summed E-state index contributed by atoms with van der Waals surface area (Å²) in [5.74, 6) is -1.55. The lowest BCUT2D eigenvalue weighted by Gasteiger charge is -2.03. The molecule has 0 aliphatic carbocycles. The van der Waals surface area contributed by atoms with Crippen molar-refractivity contribution in [2.45, 2.75) is 0 Å². The van der Waals surface area contributed by atoms with Gasteiger partial charge < -0.3 is 9.52 Å². The average molecular weight is 330 g/mol. The fourth-order valence-electron chi connectivity index (χ4n) is 2.31. The minimum Gasteiger partial charge on any atom is -0.477 e. The second-order valence-electron chi connectivity index (χ2n) is 4.80. The molecule has 0 fully saturated rings. The molecule has 2 aromatic carbocycles. The minimum atomic E-state index is -1.55. The number of benzene rings is 2. The van der Waals surface area contributed by atoms with Gasteiger partial charge in [-0.25, -0.2) is 4.79 Å². The molecule has 120 valence electrons. The van der Waals surface area contributed by atoms with Crippen molar-refractivity contribution in [3.05, 3.63) is 66.3 Å². The number of hydrogen-bond acceptors (Lipinski definition) is 7. The SMILES string of the molecule is O=C(O)c1cc2oc3ccc([N+](=O)[O-])cc3c(=O)c2cc1[N+](=O)[O-]. The standard InChI is InChI=1S/C14H6N2O8/c17-13-8-3-6(15(20)21)1-2-11(8)24-12-5-7(14(18)19)10(16(22)23)4-9(12)13/h1-5H,(H,18,19). The molecule has 10 heteroatoms. The van der Waals surface area contributed by atoms with Crippen LogP contribution in [0.3, 0.4) is 0 Å². The number of rotatable bonds is 3. The Hall–Kier alpha value is -3.82. The first kappa shape index (κ1) is 15.1. The van der Waals surface area contributed by atoms with E-state index in [9.17, 15) is 29.8 Å². The second-order valence-corrected chi connectivity index (χ2v) is 4.80. The molecule has 0 unspecified atom stereocenters. The number of nitro groups is 2. The van der Waals surface area contributed by atoms with Gasteiger partial charge in [-0.3, -0.25) is 25.0 Å². The number of fused-ring (bicyclic) bond motifs is 2. The Morgan fingerprint density at radius 1 is 1.00 bits per heavy atom. The highest BCUT2D eigenvalue weighted by Crippen LogP contribution is 2.28. The van der Waals surface area contributed by atoms with Gasteiger partial charge in [-0.15, -0.1) is 0 Å². The molecular formula is C14H6N2O8. The number of carbonyl (C=O) groups is 1. The summed E-state index contributed by atoms with van der Waals surface area (Å²) in [4.78, 5) is 43.8. The molecule has 0 spiro atoms. The number of carboxylic acids is 1.